The molecule has 0 rings (SSSR count). The van der Waals surface area contributed by atoms with Crippen molar-refractivity contribution in [2.24, 2.45) is 11.8 Å². The highest BCUT2D eigenvalue weighted by atomic mass is 14.0. The number of hydrogen-bond donors (Lipinski definition) is 0. The molecule has 0 heteroatoms. The van der Waals surface area contributed by atoms with E-state index >= 15 is 0 Å². The SMILES string of the molecule is C/C(=C/CC/C(C)=C/C=C/C(C)=C/C=C\C=C(C)\C=C\C=C(C)\C=C\C=C(/C)CCCC(C)C)CCCC(C)C. The lowest BCUT2D eigenvalue weighted by Crippen LogP contribution is -1.87. The predicted octanol–water partition coefficient (Wildman–Crippen LogP) is 13.3. The quantitative estimate of drug-likeness (QED) is 0.112. The third-order valence-electron chi connectivity index (χ3n) is 6.76. The van der Waals surface area contributed by atoms with E-state index in [1.54, 1.807) is 5.57 Å². The maximum Gasteiger partial charge on any atom is -0.0285 e. The van der Waals surface area contributed by atoms with Crippen LogP contribution in [0.1, 0.15) is 121 Å². The van der Waals surface area contributed by atoms with Crippen molar-refractivity contribution in [3.8, 4) is 0 Å². The van der Waals surface area contributed by atoms with Gasteiger partial charge in [-0.1, -0.05) is 159 Å². The van der Waals surface area contributed by atoms with Crippen LogP contribution in [0.3, 0.4) is 0 Å². The van der Waals surface area contributed by atoms with Crippen molar-refractivity contribution >= 4 is 0 Å². The van der Waals surface area contributed by atoms with E-state index in [1.165, 1.54) is 66.4 Å². The van der Waals surface area contributed by atoms with E-state index in [4.69, 9.17) is 0 Å². The second-order valence-electron chi connectivity index (χ2n) is 12.4. The standard InChI is InChI=1S/C40H62/c1-33(2)19-13-23-37(7)27-17-31-39(9)29-15-25-35(5)21-11-12-22-36(6)26-16-30-40(10)32-18-28-38(8)24-14-20-34(3)4/h11-12,15-17,21-22,25-31,33-34H,13-14,18-20,23-24,32H2,1-10H3/b12-11-,25-15+,26-16+,31-17+,35-21+,36-22+,37-27+,38-28-,39-29+,40-30+. The highest BCUT2D eigenvalue weighted by Crippen LogP contribution is 2.14. The molecule has 0 atom stereocenters. The summed E-state index contributed by atoms with van der Waals surface area (Å²) in [6, 6.07) is 0. The van der Waals surface area contributed by atoms with Gasteiger partial charge in [0.15, 0.2) is 0 Å². The zero-order chi connectivity index (χ0) is 30.2. The summed E-state index contributed by atoms with van der Waals surface area (Å²) < 4.78 is 0. The topological polar surface area (TPSA) is 0 Å². The van der Waals surface area contributed by atoms with Crippen molar-refractivity contribution in [3.05, 3.63) is 119 Å². The molecule has 0 spiro atoms. The van der Waals surface area contributed by atoms with Gasteiger partial charge in [0.2, 0.25) is 0 Å². The van der Waals surface area contributed by atoms with Crippen LogP contribution in [0.15, 0.2) is 119 Å². The highest BCUT2D eigenvalue weighted by molar-refractivity contribution is 5.31. The molecular formula is C40H62. The molecule has 0 unspecified atom stereocenters. The highest BCUT2D eigenvalue weighted by Gasteiger charge is 1.96. The maximum atomic E-state index is 2.42. The van der Waals surface area contributed by atoms with Crippen molar-refractivity contribution in [2.75, 3.05) is 0 Å². The fourth-order valence-corrected chi connectivity index (χ4v) is 4.05. The van der Waals surface area contributed by atoms with Gasteiger partial charge in [0, 0.05) is 0 Å². The molecule has 0 amide bonds. The molecule has 0 heterocycles. The zero-order valence-corrected chi connectivity index (χ0v) is 27.9. The Morgan fingerprint density at radius 3 is 1.27 bits per heavy atom. The van der Waals surface area contributed by atoms with Gasteiger partial charge >= 0.3 is 0 Å². The second-order valence-corrected chi connectivity index (χ2v) is 12.4. The van der Waals surface area contributed by atoms with Gasteiger partial charge in [0.1, 0.15) is 0 Å². The molecule has 0 aromatic carbocycles. The third-order valence-corrected chi connectivity index (χ3v) is 6.76. The summed E-state index contributed by atoms with van der Waals surface area (Å²) in [4.78, 5) is 0. The van der Waals surface area contributed by atoms with Crippen LogP contribution >= 0.6 is 0 Å². The lowest BCUT2D eigenvalue weighted by Gasteiger charge is -2.05. The summed E-state index contributed by atoms with van der Waals surface area (Å²) in [5.41, 5.74) is 8.16. The summed E-state index contributed by atoms with van der Waals surface area (Å²) >= 11 is 0. The molecule has 0 aliphatic rings. The second kappa shape index (κ2) is 24.2. The van der Waals surface area contributed by atoms with Gasteiger partial charge < -0.3 is 0 Å². The van der Waals surface area contributed by atoms with Crippen molar-refractivity contribution < 1.29 is 0 Å². The van der Waals surface area contributed by atoms with Gasteiger partial charge in [0.25, 0.3) is 0 Å². The molecule has 0 saturated carbocycles. The smallest absolute Gasteiger partial charge is 0.0285 e. The first-order valence-electron chi connectivity index (χ1n) is 15.7. The van der Waals surface area contributed by atoms with Crippen molar-refractivity contribution in [1.29, 1.82) is 0 Å². The van der Waals surface area contributed by atoms with Crippen molar-refractivity contribution in [2.45, 2.75) is 121 Å². The lowest BCUT2D eigenvalue weighted by atomic mass is 10.0. The lowest BCUT2D eigenvalue weighted by molar-refractivity contribution is 0.554. The van der Waals surface area contributed by atoms with Crippen LogP contribution < -0.4 is 0 Å². The van der Waals surface area contributed by atoms with E-state index in [-0.39, 0.29) is 0 Å². The molecule has 0 aliphatic heterocycles. The van der Waals surface area contributed by atoms with Crippen LogP contribution in [-0.2, 0) is 0 Å². The molecule has 0 aromatic heterocycles. The molecule has 0 aliphatic carbocycles. The molecule has 0 saturated heterocycles. The van der Waals surface area contributed by atoms with Crippen LogP contribution in [0.25, 0.3) is 0 Å². The van der Waals surface area contributed by atoms with E-state index in [0.717, 1.165) is 24.7 Å². The molecule has 222 valence electrons. The number of rotatable bonds is 19. The largest absolute Gasteiger partial charge is 0.0853 e. The third kappa shape index (κ3) is 25.7. The van der Waals surface area contributed by atoms with Crippen LogP contribution in [-0.4, -0.2) is 0 Å². The van der Waals surface area contributed by atoms with Gasteiger partial charge in [-0.15, -0.1) is 0 Å². The molecular weight excluding hydrogens is 480 g/mol. The summed E-state index contributed by atoms with van der Waals surface area (Å²) in [5.74, 6) is 1.61. The average Bonchev–Trinajstić information content (AvgIpc) is 2.86. The van der Waals surface area contributed by atoms with E-state index in [0.29, 0.717) is 0 Å². The minimum atomic E-state index is 0.796. The Bertz CT molecular complexity index is 987. The van der Waals surface area contributed by atoms with Gasteiger partial charge in [-0.3, -0.25) is 0 Å². The van der Waals surface area contributed by atoms with Crippen LogP contribution in [0, 0.1) is 11.8 Å². The number of allylic oxidation sites excluding steroid dienone is 20. The molecule has 0 bridgehead atoms. The normalized spacial score (nSPS) is 15.5. The maximum absolute atomic E-state index is 2.42. The summed E-state index contributed by atoms with van der Waals surface area (Å²) in [5, 5.41) is 0. The Morgan fingerprint density at radius 2 is 0.825 bits per heavy atom. The minimum Gasteiger partial charge on any atom is -0.0853 e. The Kier molecular flexibility index (Phi) is 22.6. The first-order valence-corrected chi connectivity index (χ1v) is 15.7. The molecule has 0 nitrogen and oxygen atoms in total. The van der Waals surface area contributed by atoms with Crippen molar-refractivity contribution in [1.82, 2.24) is 0 Å². The monoisotopic (exact) mass is 542 g/mol. The predicted molar refractivity (Wildman–Crippen MR) is 186 cm³/mol. The van der Waals surface area contributed by atoms with Crippen LogP contribution in [0.5, 0.6) is 0 Å². The van der Waals surface area contributed by atoms with E-state index in [1.807, 2.05) is 0 Å². The first kappa shape index (κ1) is 37.4. The summed E-state index contributed by atoms with van der Waals surface area (Å²) in [6.07, 6.45) is 40.5. The van der Waals surface area contributed by atoms with Gasteiger partial charge in [-0.05, 0) is 91.9 Å². The molecule has 0 fully saturated rings. The van der Waals surface area contributed by atoms with Gasteiger partial charge in [0.05, 0.1) is 0 Å². The summed E-state index contributed by atoms with van der Waals surface area (Å²) in [6.45, 7) is 22.4. The first-order chi connectivity index (χ1) is 19.0. The van der Waals surface area contributed by atoms with E-state index in [2.05, 4.69) is 154 Å². The Morgan fingerprint density at radius 1 is 0.450 bits per heavy atom. The van der Waals surface area contributed by atoms with Crippen molar-refractivity contribution in [3.63, 3.8) is 0 Å². The Hall–Kier alpha value is -2.60. The van der Waals surface area contributed by atoms with Crippen LogP contribution in [0.4, 0.5) is 0 Å². The Labute approximate surface area is 250 Å². The van der Waals surface area contributed by atoms with E-state index in [9.17, 15) is 0 Å². The van der Waals surface area contributed by atoms with E-state index < -0.39 is 0 Å². The minimum absolute atomic E-state index is 0.796. The van der Waals surface area contributed by atoms with Crippen LogP contribution in [0.2, 0.25) is 0 Å². The Balaban J connectivity index is 4.55. The number of hydrogen-bond acceptors (Lipinski definition) is 0. The molecule has 0 aromatic rings. The molecule has 0 radical (unpaired) electrons. The fourth-order valence-electron chi connectivity index (χ4n) is 4.05. The average molecular weight is 543 g/mol. The summed E-state index contributed by atoms with van der Waals surface area (Å²) in [7, 11) is 0. The zero-order valence-electron chi connectivity index (χ0n) is 27.9. The molecule has 40 heavy (non-hydrogen) atoms. The fraction of sp³-hybridized carbons (Fsp3) is 0.500. The van der Waals surface area contributed by atoms with Gasteiger partial charge in [-0.2, -0.15) is 0 Å². The molecule has 0 N–H and O–H groups in total. The van der Waals surface area contributed by atoms with Gasteiger partial charge in [-0.25, -0.2) is 0 Å².